The minimum atomic E-state index is 0. The molecule has 0 aromatic carbocycles. The molecule has 0 amide bonds. The monoisotopic (exact) mass is 295 g/mol. The van der Waals surface area contributed by atoms with Crippen molar-refractivity contribution in [2.45, 2.75) is 58.3 Å². The highest BCUT2D eigenvalue weighted by atomic mass is 35.5. The van der Waals surface area contributed by atoms with E-state index >= 15 is 0 Å². The van der Waals surface area contributed by atoms with E-state index in [2.05, 4.69) is 21.0 Å². The summed E-state index contributed by atoms with van der Waals surface area (Å²) in [5, 5.41) is 0. The van der Waals surface area contributed by atoms with Crippen LogP contribution in [0.1, 0.15) is 58.3 Å². The summed E-state index contributed by atoms with van der Waals surface area (Å²) in [6, 6.07) is 0. The molecule has 0 aromatic rings. The maximum Gasteiger partial charge on any atom is 0.0981 e. The third-order valence-corrected chi connectivity index (χ3v) is 3.48. The molecule has 0 rings (SSSR count). The molecule has 0 heterocycles. The lowest BCUT2D eigenvalue weighted by Crippen LogP contribution is -3.00. The number of unbranched alkanes of at least 4 members (excludes halogenated alkanes) is 7. The lowest BCUT2D eigenvalue weighted by Gasteiger charge is -2.28. The minimum absolute atomic E-state index is 0. The van der Waals surface area contributed by atoms with Crippen molar-refractivity contribution >= 4 is 11.6 Å². The summed E-state index contributed by atoms with van der Waals surface area (Å²) in [5.74, 6) is 0. The SMILES string of the molecule is CCCCCCCCCC[N+](C)(C)CC=CCl.[Cl-]. The average molecular weight is 296 g/mol. The zero-order valence-corrected chi connectivity index (χ0v) is 13.9. The summed E-state index contributed by atoms with van der Waals surface area (Å²) in [5.41, 5.74) is 1.63. The van der Waals surface area contributed by atoms with Gasteiger partial charge in [0.1, 0.15) is 0 Å². The van der Waals surface area contributed by atoms with Crippen molar-refractivity contribution in [3.63, 3.8) is 0 Å². The Morgan fingerprint density at radius 2 is 1.39 bits per heavy atom. The first-order valence-electron chi connectivity index (χ1n) is 7.19. The number of halogens is 2. The van der Waals surface area contributed by atoms with Gasteiger partial charge in [-0.25, -0.2) is 0 Å². The first-order chi connectivity index (χ1) is 8.12. The third kappa shape index (κ3) is 14.3. The zero-order chi connectivity index (χ0) is 13.0. The van der Waals surface area contributed by atoms with E-state index in [9.17, 15) is 0 Å². The number of likely N-dealkylation sites (N-methyl/N-ethyl adjacent to an activating group) is 1. The Morgan fingerprint density at radius 1 is 0.889 bits per heavy atom. The van der Waals surface area contributed by atoms with E-state index in [1.54, 1.807) is 5.54 Å². The van der Waals surface area contributed by atoms with Crippen LogP contribution in [0.3, 0.4) is 0 Å². The first kappa shape index (κ1) is 20.6. The van der Waals surface area contributed by atoms with E-state index in [-0.39, 0.29) is 12.4 Å². The standard InChI is InChI=1S/C15H31ClN.ClH/c1-4-5-6-7-8-9-10-11-14-17(2,3)15-12-13-16;/h12-13H,4-11,14-15H2,1-3H3;1H/q+1;/p-1. The molecule has 18 heavy (non-hydrogen) atoms. The molecule has 0 aromatic heterocycles. The summed E-state index contributed by atoms with van der Waals surface area (Å²) in [6.45, 7) is 4.57. The maximum atomic E-state index is 5.56. The normalized spacial score (nSPS) is 11.8. The quantitative estimate of drug-likeness (QED) is 0.404. The van der Waals surface area contributed by atoms with Gasteiger partial charge in [-0.1, -0.05) is 57.0 Å². The number of quaternary nitrogens is 1. The molecule has 0 bridgehead atoms. The van der Waals surface area contributed by atoms with Crippen molar-refractivity contribution in [2.24, 2.45) is 0 Å². The molecule has 0 spiro atoms. The Morgan fingerprint density at radius 3 is 1.89 bits per heavy atom. The predicted molar refractivity (Wildman–Crippen MR) is 79.4 cm³/mol. The third-order valence-electron chi connectivity index (χ3n) is 3.31. The van der Waals surface area contributed by atoms with Crippen LogP contribution in [0.4, 0.5) is 0 Å². The van der Waals surface area contributed by atoms with E-state index in [1.807, 2.05) is 6.08 Å². The highest BCUT2D eigenvalue weighted by molar-refractivity contribution is 6.25. The van der Waals surface area contributed by atoms with Crippen LogP contribution in [0.5, 0.6) is 0 Å². The fourth-order valence-electron chi connectivity index (χ4n) is 2.09. The topological polar surface area (TPSA) is 0 Å². The van der Waals surface area contributed by atoms with Crippen molar-refractivity contribution in [2.75, 3.05) is 27.2 Å². The van der Waals surface area contributed by atoms with E-state index in [0.29, 0.717) is 0 Å². The molecule has 110 valence electrons. The van der Waals surface area contributed by atoms with Crippen LogP contribution in [0.25, 0.3) is 0 Å². The number of nitrogens with zero attached hydrogens (tertiary/aromatic N) is 1. The second-order valence-electron chi connectivity index (χ2n) is 5.68. The Balaban J connectivity index is 0. The van der Waals surface area contributed by atoms with Crippen LogP contribution in [0.15, 0.2) is 11.6 Å². The lowest BCUT2D eigenvalue weighted by atomic mass is 10.1. The summed E-state index contributed by atoms with van der Waals surface area (Å²) in [7, 11) is 4.55. The molecule has 0 radical (unpaired) electrons. The van der Waals surface area contributed by atoms with Crippen molar-refractivity contribution in [1.82, 2.24) is 0 Å². The molecule has 0 aliphatic carbocycles. The zero-order valence-electron chi connectivity index (χ0n) is 12.4. The first-order valence-corrected chi connectivity index (χ1v) is 7.63. The molecule has 0 N–H and O–H groups in total. The van der Waals surface area contributed by atoms with Gasteiger partial charge in [-0.2, -0.15) is 0 Å². The molecular formula is C15H31Cl2N. The molecule has 0 fully saturated rings. The molecule has 1 nitrogen and oxygen atoms in total. The summed E-state index contributed by atoms with van der Waals surface area (Å²) in [6.07, 6.45) is 13.2. The van der Waals surface area contributed by atoms with E-state index in [1.165, 1.54) is 57.9 Å². The van der Waals surface area contributed by atoms with E-state index < -0.39 is 0 Å². The Hall–Kier alpha value is 0.280. The Bertz CT molecular complexity index is 191. The maximum absolute atomic E-state index is 5.56. The lowest BCUT2D eigenvalue weighted by molar-refractivity contribution is -0.884. The van der Waals surface area contributed by atoms with Crippen molar-refractivity contribution in [1.29, 1.82) is 0 Å². The smallest absolute Gasteiger partial charge is 0.0981 e. The van der Waals surface area contributed by atoms with Gasteiger partial charge in [0.05, 0.1) is 27.2 Å². The molecule has 3 heteroatoms. The molecule has 0 atom stereocenters. The van der Waals surface area contributed by atoms with Crippen LogP contribution >= 0.6 is 11.6 Å². The number of rotatable bonds is 11. The number of hydrogen-bond donors (Lipinski definition) is 0. The van der Waals surface area contributed by atoms with Crippen LogP contribution in [0, 0.1) is 0 Å². The highest BCUT2D eigenvalue weighted by Gasteiger charge is 2.11. The van der Waals surface area contributed by atoms with Gasteiger partial charge >= 0.3 is 0 Å². The second kappa shape index (κ2) is 13.7. The summed E-state index contributed by atoms with van der Waals surface area (Å²) >= 11 is 5.56. The fraction of sp³-hybridized carbons (Fsp3) is 0.867. The molecule has 0 saturated heterocycles. The van der Waals surface area contributed by atoms with Crippen LogP contribution in [-0.4, -0.2) is 31.7 Å². The average Bonchev–Trinajstić information content (AvgIpc) is 2.30. The van der Waals surface area contributed by atoms with Gasteiger partial charge in [-0.05, 0) is 18.9 Å². The molecule has 0 saturated carbocycles. The van der Waals surface area contributed by atoms with Gasteiger partial charge < -0.3 is 16.9 Å². The van der Waals surface area contributed by atoms with Gasteiger partial charge in [-0.3, -0.25) is 0 Å². The van der Waals surface area contributed by atoms with Gasteiger partial charge in [0.25, 0.3) is 0 Å². The van der Waals surface area contributed by atoms with Crippen LogP contribution in [-0.2, 0) is 0 Å². The molecule has 0 aliphatic rings. The Labute approximate surface area is 126 Å². The Kier molecular flexibility index (Phi) is 15.7. The van der Waals surface area contributed by atoms with Gasteiger partial charge in [-0.15, -0.1) is 0 Å². The van der Waals surface area contributed by atoms with Crippen molar-refractivity contribution < 1.29 is 16.9 Å². The predicted octanol–water partition coefficient (Wildman–Crippen LogP) is 1.96. The molecule has 0 unspecified atom stereocenters. The van der Waals surface area contributed by atoms with Gasteiger partial charge in [0, 0.05) is 5.54 Å². The van der Waals surface area contributed by atoms with Gasteiger partial charge in [0.15, 0.2) is 0 Å². The largest absolute Gasteiger partial charge is 1.00 e. The number of hydrogen-bond acceptors (Lipinski definition) is 0. The summed E-state index contributed by atoms with van der Waals surface area (Å²) < 4.78 is 1.05. The fourth-order valence-corrected chi connectivity index (χ4v) is 2.17. The van der Waals surface area contributed by atoms with Crippen molar-refractivity contribution in [3.8, 4) is 0 Å². The minimum Gasteiger partial charge on any atom is -1.00 e. The van der Waals surface area contributed by atoms with Gasteiger partial charge in [0.2, 0.25) is 0 Å². The van der Waals surface area contributed by atoms with Crippen LogP contribution in [0.2, 0.25) is 0 Å². The van der Waals surface area contributed by atoms with E-state index in [0.717, 1.165) is 11.0 Å². The van der Waals surface area contributed by atoms with Crippen LogP contribution < -0.4 is 12.4 Å². The molecule has 0 aliphatic heterocycles. The van der Waals surface area contributed by atoms with E-state index in [4.69, 9.17) is 11.6 Å². The highest BCUT2D eigenvalue weighted by Crippen LogP contribution is 2.10. The second-order valence-corrected chi connectivity index (χ2v) is 5.93. The van der Waals surface area contributed by atoms with Crippen molar-refractivity contribution in [3.05, 3.63) is 11.6 Å². The molecular weight excluding hydrogens is 265 g/mol. The summed E-state index contributed by atoms with van der Waals surface area (Å²) in [4.78, 5) is 0.